The van der Waals surface area contributed by atoms with Gasteiger partial charge in [0, 0.05) is 5.92 Å². The minimum Gasteiger partial charge on any atom is -0.240 e. The van der Waals surface area contributed by atoms with Gasteiger partial charge in [-0.25, -0.2) is 4.98 Å². The van der Waals surface area contributed by atoms with Crippen molar-refractivity contribution >= 4 is 11.6 Å². The van der Waals surface area contributed by atoms with E-state index in [9.17, 15) is 13.2 Å². The zero-order valence-electron chi connectivity index (χ0n) is 8.03. The Labute approximate surface area is 90.3 Å². The van der Waals surface area contributed by atoms with Gasteiger partial charge in [-0.1, -0.05) is 11.6 Å². The van der Waals surface area contributed by atoms with Gasteiger partial charge in [0.2, 0.25) is 0 Å². The highest BCUT2D eigenvalue weighted by molar-refractivity contribution is 6.29. The first-order valence-electron chi connectivity index (χ1n) is 4.64. The SMILES string of the molecule is Cc1cc(Cl)nc(C2CC2)c1C(F)(F)F. The zero-order chi connectivity index (χ0) is 11.2. The third-order valence-corrected chi connectivity index (χ3v) is 2.65. The number of nitrogens with zero attached hydrogens (tertiary/aromatic N) is 1. The summed E-state index contributed by atoms with van der Waals surface area (Å²) >= 11 is 5.67. The van der Waals surface area contributed by atoms with Crippen LogP contribution in [0.25, 0.3) is 0 Å². The van der Waals surface area contributed by atoms with Crippen LogP contribution in [0.2, 0.25) is 5.15 Å². The van der Waals surface area contributed by atoms with Crippen molar-refractivity contribution in [2.75, 3.05) is 0 Å². The highest BCUT2D eigenvalue weighted by Crippen LogP contribution is 2.46. The molecular formula is C10H9ClF3N. The van der Waals surface area contributed by atoms with E-state index >= 15 is 0 Å². The first-order valence-corrected chi connectivity index (χ1v) is 5.01. The highest BCUT2D eigenvalue weighted by atomic mass is 35.5. The molecule has 15 heavy (non-hydrogen) atoms. The molecule has 0 radical (unpaired) electrons. The van der Waals surface area contributed by atoms with Crippen LogP contribution in [0.4, 0.5) is 13.2 Å². The van der Waals surface area contributed by atoms with Crippen molar-refractivity contribution in [2.45, 2.75) is 31.9 Å². The van der Waals surface area contributed by atoms with Crippen molar-refractivity contribution in [1.29, 1.82) is 0 Å². The molecule has 1 saturated carbocycles. The molecule has 0 spiro atoms. The molecule has 82 valence electrons. The summed E-state index contributed by atoms with van der Waals surface area (Å²) in [6.07, 6.45) is -2.79. The number of hydrogen-bond donors (Lipinski definition) is 0. The first-order chi connectivity index (χ1) is 6.89. The van der Waals surface area contributed by atoms with Gasteiger partial charge in [0.05, 0.1) is 11.3 Å². The Morgan fingerprint density at radius 3 is 2.47 bits per heavy atom. The monoisotopic (exact) mass is 235 g/mol. The fraction of sp³-hybridized carbons (Fsp3) is 0.500. The van der Waals surface area contributed by atoms with Crippen LogP contribution < -0.4 is 0 Å². The molecule has 0 aromatic carbocycles. The predicted octanol–water partition coefficient (Wildman–Crippen LogP) is 3.94. The number of pyridine rings is 1. The summed E-state index contributed by atoms with van der Waals surface area (Å²) in [5.41, 5.74) is -0.327. The number of aromatic nitrogens is 1. The molecule has 1 fully saturated rings. The quantitative estimate of drug-likeness (QED) is 0.672. The molecule has 2 rings (SSSR count). The molecule has 0 atom stereocenters. The lowest BCUT2D eigenvalue weighted by Crippen LogP contribution is -2.13. The zero-order valence-corrected chi connectivity index (χ0v) is 8.78. The maximum atomic E-state index is 12.7. The van der Waals surface area contributed by atoms with E-state index < -0.39 is 11.7 Å². The van der Waals surface area contributed by atoms with E-state index in [1.165, 1.54) is 13.0 Å². The highest BCUT2D eigenvalue weighted by Gasteiger charge is 2.40. The predicted molar refractivity (Wildman–Crippen MR) is 51.0 cm³/mol. The third kappa shape index (κ3) is 2.09. The average Bonchev–Trinajstić information content (AvgIpc) is 2.80. The van der Waals surface area contributed by atoms with E-state index in [0.29, 0.717) is 0 Å². The van der Waals surface area contributed by atoms with Crippen LogP contribution in [0, 0.1) is 6.92 Å². The Balaban J connectivity index is 2.59. The van der Waals surface area contributed by atoms with Crippen molar-refractivity contribution in [3.63, 3.8) is 0 Å². The van der Waals surface area contributed by atoms with Gasteiger partial charge >= 0.3 is 6.18 Å². The van der Waals surface area contributed by atoms with Gasteiger partial charge < -0.3 is 0 Å². The minimum absolute atomic E-state index is 0.0565. The Bertz CT molecular complexity index is 396. The molecule has 1 aliphatic rings. The second kappa shape index (κ2) is 3.37. The molecule has 5 heteroatoms. The van der Waals surface area contributed by atoms with E-state index in [-0.39, 0.29) is 22.3 Å². The topological polar surface area (TPSA) is 12.9 Å². The Kier molecular flexibility index (Phi) is 2.41. The van der Waals surface area contributed by atoms with Crippen molar-refractivity contribution < 1.29 is 13.2 Å². The molecule has 1 heterocycles. The molecule has 0 amide bonds. The summed E-state index contributed by atoms with van der Waals surface area (Å²) in [7, 11) is 0. The van der Waals surface area contributed by atoms with Crippen molar-refractivity contribution in [1.82, 2.24) is 4.98 Å². The van der Waals surface area contributed by atoms with Crippen LogP contribution in [-0.2, 0) is 6.18 Å². The minimum atomic E-state index is -4.33. The summed E-state index contributed by atoms with van der Waals surface area (Å²) in [6, 6.07) is 1.26. The third-order valence-electron chi connectivity index (χ3n) is 2.46. The second-order valence-corrected chi connectivity index (χ2v) is 4.18. The average molecular weight is 236 g/mol. The molecule has 0 aliphatic heterocycles. The molecule has 1 aromatic heterocycles. The van der Waals surface area contributed by atoms with Crippen LogP contribution in [0.3, 0.4) is 0 Å². The summed E-state index contributed by atoms with van der Waals surface area (Å²) in [5, 5.41) is 0.141. The van der Waals surface area contributed by atoms with Gasteiger partial charge in [0.15, 0.2) is 0 Å². The molecule has 0 bridgehead atoms. The number of hydrogen-bond acceptors (Lipinski definition) is 1. The fourth-order valence-corrected chi connectivity index (χ4v) is 1.93. The van der Waals surface area contributed by atoms with Gasteiger partial charge in [-0.05, 0) is 31.4 Å². The molecule has 0 N–H and O–H groups in total. The van der Waals surface area contributed by atoms with Gasteiger partial charge in [-0.15, -0.1) is 0 Å². The second-order valence-electron chi connectivity index (χ2n) is 3.79. The molecule has 0 saturated heterocycles. The lowest BCUT2D eigenvalue weighted by Gasteiger charge is -2.14. The van der Waals surface area contributed by atoms with Crippen LogP contribution in [0.15, 0.2) is 6.07 Å². The van der Waals surface area contributed by atoms with Crippen LogP contribution >= 0.6 is 11.6 Å². The van der Waals surface area contributed by atoms with E-state index in [1.807, 2.05) is 0 Å². The van der Waals surface area contributed by atoms with Gasteiger partial charge in [-0.3, -0.25) is 0 Å². The summed E-state index contributed by atoms with van der Waals surface area (Å²) < 4.78 is 38.2. The lowest BCUT2D eigenvalue weighted by atomic mass is 10.0. The Hall–Kier alpha value is -0.770. The molecule has 1 aliphatic carbocycles. The van der Waals surface area contributed by atoms with Crippen molar-refractivity contribution in [3.8, 4) is 0 Å². The van der Waals surface area contributed by atoms with Crippen LogP contribution in [0.1, 0.15) is 35.6 Å². The fourth-order valence-electron chi connectivity index (χ4n) is 1.68. The number of aryl methyl sites for hydroxylation is 1. The molecule has 0 unspecified atom stereocenters. The lowest BCUT2D eigenvalue weighted by molar-refractivity contribution is -0.139. The Morgan fingerprint density at radius 2 is 2.00 bits per heavy atom. The standard InChI is InChI=1S/C10H9ClF3N/c1-5-4-7(11)15-9(6-2-3-6)8(5)10(12,13)14/h4,6H,2-3H2,1H3. The van der Waals surface area contributed by atoms with Gasteiger partial charge in [-0.2, -0.15) is 13.2 Å². The molecular weight excluding hydrogens is 227 g/mol. The van der Waals surface area contributed by atoms with E-state index in [1.54, 1.807) is 0 Å². The maximum absolute atomic E-state index is 12.7. The van der Waals surface area contributed by atoms with Crippen LogP contribution in [-0.4, -0.2) is 4.98 Å². The van der Waals surface area contributed by atoms with Crippen molar-refractivity contribution in [3.05, 3.63) is 28.0 Å². The van der Waals surface area contributed by atoms with Crippen molar-refractivity contribution in [2.24, 2.45) is 0 Å². The summed E-state index contributed by atoms with van der Waals surface area (Å²) in [4.78, 5) is 3.81. The first kappa shape index (κ1) is 10.7. The summed E-state index contributed by atoms with van der Waals surface area (Å²) in [5.74, 6) is -0.0565. The Morgan fingerprint density at radius 1 is 1.40 bits per heavy atom. The molecule has 1 nitrogen and oxygen atoms in total. The van der Waals surface area contributed by atoms with Crippen LogP contribution in [0.5, 0.6) is 0 Å². The van der Waals surface area contributed by atoms with E-state index in [4.69, 9.17) is 11.6 Å². The number of halogens is 4. The maximum Gasteiger partial charge on any atom is 0.418 e. The normalized spacial score (nSPS) is 16.9. The van der Waals surface area contributed by atoms with Gasteiger partial charge in [0.1, 0.15) is 5.15 Å². The summed E-state index contributed by atoms with van der Waals surface area (Å²) in [6.45, 7) is 1.42. The largest absolute Gasteiger partial charge is 0.418 e. The number of rotatable bonds is 1. The smallest absolute Gasteiger partial charge is 0.240 e. The van der Waals surface area contributed by atoms with Gasteiger partial charge in [0.25, 0.3) is 0 Å². The van der Waals surface area contributed by atoms with E-state index in [2.05, 4.69) is 4.98 Å². The van der Waals surface area contributed by atoms with E-state index in [0.717, 1.165) is 12.8 Å². The molecule has 1 aromatic rings. The number of alkyl halides is 3.